The van der Waals surface area contributed by atoms with Gasteiger partial charge in [0.25, 0.3) is 5.19 Å². The number of methoxy groups -OCH3 is 1. The van der Waals surface area contributed by atoms with Crippen LogP contribution in [0.25, 0.3) is 0 Å². The number of aromatic nitrogens is 2. The van der Waals surface area contributed by atoms with Crippen LogP contribution >= 0.6 is 11.5 Å². The molecule has 21 heavy (non-hydrogen) atoms. The van der Waals surface area contributed by atoms with Crippen LogP contribution < -0.4 is 9.47 Å². The number of hydrogen-bond donors (Lipinski definition) is 1. The molecule has 2 aromatic rings. The number of carbonyl (C=O) groups is 1. The third kappa shape index (κ3) is 3.49. The largest absolute Gasteiger partial charge is 0.497 e. The standard InChI is InChI=1S/C14H16N2O4S/c1-14(2,3)12-15-13(21-16-12)20-10-6-5-8(19-4)7-9(10)11(17)18/h5-7H,1-4H3,(H,17,18). The maximum Gasteiger partial charge on any atom is 0.339 e. The smallest absolute Gasteiger partial charge is 0.339 e. The van der Waals surface area contributed by atoms with Crippen LogP contribution in [0.3, 0.4) is 0 Å². The van der Waals surface area contributed by atoms with Gasteiger partial charge in [0.05, 0.1) is 7.11 Å². The number of carboxylic acids is 1. The molecule has 1 aromatic carbocycles. The normalized spacial score (nSPS) is 11.2. The van der Waals surface area contributed by atoms with Crippen molar-refractivity contribution in [2.24, 2.45) is 0 Å². The monoisotopic (exact) mass is 308 g/mol. The van der Waals surface area contributed by atoms with E-state index >= 15 is 0 Å². The van der Waals surface area contributed by atoms with Crippen LogP contribution in [0.4, 0.5) is 0 Å². The van der Waals surface area contributed by atoms with Crippen LogP contribution in [-0.2, 0) is 5.41 Å². The van der Waals surface area contributed by atoms with E-state index in [-0.39, 0.29) is 16.7 Å². The van der Waals surface area contributed by atoms with Crippen LogP contribution in [0, 0.1) is 0 Å². The van der Waals surface area contributed by atoms with Crippen LogP contribution in [0.1, 0.15) is 37.0 Å². The van der Waals surface area contributed by atoms with E-state index in [0.29, 0.717) is 16.8 Å². The molecule has 0 saturated heterocycles. The first-order valence-corrected chi connectivity index (χ1v) is 7.02. The van der Waals surface area contributed by atoms with Crippen molar-refractivity contribution in [2.75, 3.05) is 7.11 Å². The highest BCUT2D eigenvalue weighted by Gasteiger charge is 2.21. The summed E-state index contributed by atoms with van der Waals surface area (Å²) in [4.78, 5) is 15.6. The van der Waals surface area contributed by atoms with Crippen molar-refractivity contribution in [3.63, 3.8) is 0 Å². The maximum atomic E-state index is 11.3. The van der Waals surface area contributed by atoms with Gasteiger partial charge in [-0.05, 0) is 18.2 Å². The van der Waals surface area contributed by atoms with Crippen molar-refractivity contribution in [2.45, 2.75) is 26.2 Å². The van der Waals surface area contributed by atoms with Gasteiger partial charge in [-0.3, -0.25) is 0 Å². The molecular formula is C14H16N2O4S. The highest BCUT2D eigenvalue weighted by molar-refractivity contribution is 7.07. The molecule has 6 nitrogen and oxygen atoms in total. The first kappa shape index (κ1) is 15.2. The third-order valence-electron chi connectivity index (χ3n) is 2.69. The van der Waals surface area contributed by atoms with Gasteiger partial charge in [0.15, 0.2) is 5.82 Å². The van der Waals surface area contributed by atoms with E-state index < -0.39 is 5.97 Å². The van der Waals surface area contributed by atoms with E-state index in [4.69, 9.17) is 9.47 Å². The van der Waals surface area contributed by atoms with E-state index in [1.807, 2.05) is 20.8 Å². The predicted octanol–water partition coefficient (Wildman–Crippen LogP) is 3.33. The van der Waals surface area contributed by atoms with Crippen LogP contribution in [0.15, 0.2) is 18.2 Å². The molecule has 0 aliphatic heterocycles. The molecule has 0 aliphatic carbocycles. The van der Waals surface area contributed by atoms with Crippen molar-refractivity contribution < 1.29 is 19.4 Å². The molecule has 2 rings (SSSR count). The molecule has 1 aromatic heterocycles. The zero-order chi connectivity index (χ0) is 15.6. The number of carboxylic acid groups (broad SMARTS) is 1. The number of rotatable bonds is 4. The summed E-state index contributed by atoms with van der Waals surface area (Å²) in [5.41, 5.74) is -0.171. The zero-order valence-electron chi connectivity index (χ0n) is 12.2. The molecule has 0 saturated carbocycles. The minimum Gasteiger partial charge on any atom is -0.497 e. The lowest BCUT2D eigenvalue weighted by molar-refractivity contribution is 0.0693. The van der Waals surface area contributed by atoms with Gasteiger partial charge in [0, 0.05) is 16.9 Å². The molecule has 0 fully saturated rings. The molecule has 0 atom stereocenters. The second-order valence-electron chi connectivity index (χ2n) is 5.40. The van der Waals surface area contributed by atoms with Gasteiger partial charge in [-0.1, -0.05) is 20.8 Å². The Morgan fingerprint density at radius 1 is 1.33 bits per heavy atom. The Balaban J connectivity index is 2.31. The number of aromatic carboxylic acids is 1. The molecule has 0 aliphatic rings. The fourth-order valence-corrected chi connectivity index (χ4v) is 2.28. The van der Waals surface area contributed by atoms with Gasteiger partial charge >= 0.3 is 5.97 Å². The van der Waals surface area contributed by atoms with E-state index in [1.165, 1.54) is 13.2 Å². The van der Waals surface area contributed by atoms with E-state index in [0.717, 1.165) is 11.5 Å². The highest BCUT2D eigenvalue weighted by atomic mass is 32.1. The van der Waals surface area contributed by atoms with Gasteiger partial charge in [0.1, 0.15) is 17.1 Å². The first-order valence-electron chi connectivity index (χ1n) is 6.24. The lowest BCUT2D eigenvalue weighted by Gasteiger charge is -2.12. The first-order chi connectivity index (χ1) is 9.81. The van der Waals surface area contributed by atoms with Crippen LogP contribution in [-0.4, -0.2) is 27.5 Å². The third-order valence-corrected chi connectivity index (χ3v) is 3.29. The van der Waals surface area contributed by atoms with Gasteiger partial charge in [-0.25, -0.2) is 4.79 Å². The topological polar surface area (TPSA) is 81.5 Å². The SMILES string of the molecule is COc1ccc(Oc2nc(C(C)(C)C)ns2)c(C(=O)O)c1. The summed E-state index contributed by atoms with van der Waals surface area (Å²) in [6, 6.07) is 4.58. The molecule has 0 amide bonds. The molecule has 112 valence electrons. The molecule has 0 spiro atoms. The van der Waals surface area contributed by atoms with Crippen molar-refractivity contribution in [3.8, 4) is 16.7 Å². The van der Waals surface area contributed by atoms with Crippen LogP contribution in [0.5, 0.6) is 16.7 Å². The minimum absolute atomic E-state index is 0.0156. The quantitative estimate of drug-likeness (QED) is 0.933. The van der Waals surface area contributed by atoms with Gasteiger partial charge in [0.2, 0.25) is 0 Å². The van der Waals surface area contributed by atoms with E-state index in [2.05, 4.69) is 9.36 Å². The summed E-state index contributed by atoms with van der Waals surface area (Å²) in [7, 11) is 1.47. The second-order valence-corrected chi connectivity index (χ2v) is 6.12. The fourth-order valence-electron chi connectivity index (χ4n) is 1.54. The van der Waals surface area contributed by atoms with E-state index in [1.54, 1.807) is 12.1 Å². The Morgan fingerprint density at radius 2 is 2.05 bits per heavy atom. The van der Waals surface area contributed by atoms with Gasteiger partial charge in [-0.15, -0.1) is 0 Å². The summed E-state index contributed by atoms with van der Waals surface area (Å²) in [5, 5.41) is 9.54. The Labute approximate surface area is 126 Å². The van der Waals surface area contributed by atoms with Crippen molar-refractivity contribution in [3.05, 3.63) is 29.6 Å². The summed E-state index contributed by atoms with van der Waals surface area (Å²) in [6.45, 7) is 5.98. The van der Waals surface area contributed by atoms with Crippen molar-refractivity contribution in [1.29, 1.82) is 0 Å². The molecule has 0 bridgehead atoms. The minimum atomic E-state index is -1.09. The summed E-state index contributed by atoms with van der Waals surface area (Å²) in [5.74, 6) is 0.227. The lowest BCUT2D eigenvalue weighted by Crippen LogP contribution is -2.13. The van der Waals surface area contributed by atoms with Gasteiger partial charge < -0.3 is 14.6 Å². The summed E-state index contributed by atoms with van der Waals surface area (Å²) in [6.07, 6.45) is 0. The second kappa shape index (κ2) is 5.69. The highest BCUT2D eigenvalue weighted by Crippen LogP contribution is 2.31. The Morgan fingerprint density at radius 3 is 2.57 bits per heavy atom. The Kier molecular flexibility index (Phi) is 4.13. The Bertz CT molecular complexity index is 661. The number of ether oxygens (including phenoxy) is 2. The Hall–Kier alpha value is -2.15. The van der Waals surface area contributed by atoms with Crippen LogP contribution in [0.2, 0.25) is 0 Å². The summed E-state index contributed by atoms with van der Waals surface area (Å²) >= 11 is 1.09. The molecular weight excluding hydrogens is 292 g/mol. The molecule has 7 heteroatoms. The molecule has 1 N–H and O–H groups in total. The number of hydrogen-bond acceptors (Lipinski definition) is 6. The van der Waals surface area contributed by atoms with E-state index in [9.17, 15) is 9.90 Å². The fraction of sp³-hybridized carbons (Fsp3) is 0.357. The summed E-state index contributed by atoms with van der Waals surface area (Å²) < 4.78 is 14.8. The maximum absolute atomic E-state index is 11.3. The van der Waals surface area contributed by atoms with Crippen molar-refractivity contribution >= 4 is 17.5 Å². The molecule has 1 heterocycles. The average molecular weight is 308 g/mol. The average Bonchev–Trinajstić information content (AvgIpc) is 2.87. The van der Waals surface area contributed by atoms with Gasteiger partial charge in [-0.2, -0.15) is 9.36 Å². The molecule has 0 unspecified atom stereocenters. The zero-order valence-corrected chi connectivity index (χ0v) is 13.0. The van der Waals surface area contributed by atoms with Crippen molar-refractivity contribution in [1.82, 2.24) is 9.36 Å². The lowest BCUT2D eigenvalue weighted by atomic mass is 9.96. The number of nitrogens with zero attached hydrogens (tertiary/aromatic N) is 2. The predicted molar refractivity (Wildman–Crippen MR) is 78.6 cm³/mol. The molecule has 0 radical (unpaired) electrons. The number of benzene rings is 1.